The summed E-state index contributed by atoms with van der Waals surface area (Å²) in [6.45, 7) is 8.28. The van der Waals surface area contributed by atoms with E-state index in [4.69, 9.17) is 14.2 Å². The van der Waals surface area contributed by atoms with Crippen molar-refractivity contribution in [3.63, 3.8) is 0 Å². The van der Waals surface area contributed by atoms with Gasteiger partial charge in [-0.3, -0.25) is 4.79 Å². The van der Waals surface area contributed by atoms with Crippen molar-refractivity contribution >= 4 is 5.78 Å². The van der Waals surface area contributed by atoms with Crippen LogP contribution >= 0.6 is 0 Å². The third kappa shape index (κ3) is 3.31. The van der Waals surface area contributed by atoms with Crippen molar-refractivity contribution in [1.82, 2.24) is 4.98 Å². The second-order valence-electron chi connectivity index (χ2n) is 6.41. The molecule has 0 radical (unpaired) electrons. The van der Waals surface area contributed by atoms with Crippen LogP contribution in [0.25, 0.3) is 0 Å². The largest absolute Gasteiger partial charge is 0.488 e. The van der Waals surface area contributed by atoms with Crippen LogP contribution in [0.3, 0.4) is 0 Å². The van der Waals surface area contributed by atoms with E-state index in [1.165, 1.54) is 0 Å². The lowest BCUT2D eigenvalue weighted by Crippen LogP contribution is -2.13. The molecule has 2 heterocycles. The summed E-state index contributed by atoms with van der Waals surface area (Å²) in [4.78, 5) is 16.9. The van der Waals surface area contributed by atoms with E-state index in [1.54, 1.807) is 6.20 Å². The van der Waals surface area contributed by atoms with Crippen LogP contribution in [0.15, 0.2) is 24.4 Å². The molecule has 1 aliphatic rings. The van der Waals surface area contributed by atoms with Gasteiger partial charge in [0.05, 0.1) is 5.56 Å². The highest BCUT2D eigenvalue weighted by molar-refractivity contribution is 6.01. The van der Waals surface area contributed by atoms with E-state index in [0.29, 0.717) is 29.5 Å². The number of hydrogen-bond donors (Lipinski definition) is 0. The molecule has 0 bridgehead atoms. The van der Waals surface area contributed by atoms with Crippen LogP contribution in [0.1, 0.15) is 47.8 Å². The number of carbonyl (C=O) groups excluding carboxylic acids is 1. The number of nitrogens with zero attached hydrogens (tertiary/aromatic N) is 1. The Bertz CT molecular complexity index is 799. The van der Waals surface area contributed by atoms with Gasteiger partial charge in [0.15, 0.2) is 11.5 Å². The molecule has 0 aliphatic carbocycles. The fourth-order valence-corrected chi connectivity index (χ4v) is 2.89. The maximum absolute atomic E-state index is 12.7. The van der Waals surface area contributed by atoms with Crippen molar-refractivity contribution < 1.29 is 19.0 Å². The topological polar surface area (TPSA) is 57.6 Å². The van der Waals surface area contributed by atoms with Crippen molar-refractivity contribution in [2.24, 2.45) is 5.92 Å². The fourth-order valence-electron chi connectivity index (χ4n) is 2.89. The third-order valence-electron chi connectivity index (χ3n) is 4.35. The second-order valence-corrected chi connectivity index (χ2v) is 6.41. The Balaban J connectivity index is 1.92. The number of benzene rings is 1. The van der Waals surface area contributed by atoms with Crippen molar-refractivity contribution in [3.8, 4) is 17.4 Å². The first kappa shape index (κ1) is 17.3. The van der Waals surface area contributed by atoms with Gasteiger partial charge in [0, 0.05) is 17.7 Å². The van der Waals surface area contributed by atoms with E-state index in [2.05, 4.69) is 4.98 Å². The van der Waals surface area contributed by atoms with Crippen molar-refractivity contribution in [3.05, 3.63) is 46.6 Å². The van der Waals surface area contributed by atoms with Crippen LogP contribution < -0.4 is 14.2 Å². The molecule has 0 atom stereocenters. The minimum Gasteiger partial charge on any atom is -0.488 e. The monoisotopic (exact) mass is 341 g/mol. The second kappa shape index (κ2) is 7.13. The number of pyridine rings is 1. The summed E-state index contributed by atoms with van der Waals surface area (Å²) in [5.74, 6) is 1.75. The summed E-state index contributed by atoms with van der Waals surface area (Å²) in [6.07, 6.45) is 2.53. The van der Waals surface area contributed by atoms with Gasteiger partial charge in [0.1, 0.15) is 12.4 Å². The van der Waals surface area contributed by atoms with Crippen LogP contribution in [0, 0.1) is 12.8 Å². The van der Waals surface area contributed by atoms with Crippen LogP contribution in [-0.4, -0.2) is 17.6 Å². The van der Waals surface area contributed by atoms with E-state index in [1.807, 2.05) is 45.9 Å². The van der Waals surface area contributed by atoms with Gasteiger partial charge < -0.3 is 14.2 Å². The number of aryl methyl sites for hydroxylation is 2. The van der Waals surface area contributed by atoms with E-state index in [-0.39, 0.29) is 18.5 Å². The molecule has 1 aromatic carbocycles. The fraction of sp³-hybridized carbons (Fsp3) is 0.400. The predicted molar refractivity (Wildman–Crippen MR) is 94.4 cm³/mol. The first-order chi connectivity index (χ1) is 12.0. The van der Waals surface area contributed by atoms with E-state index < -0.39 is 0 Å². The molecule has 2 aromatic rings. The lowest BCUT2D eigenvalue weighted by molar-refractivity contribution is 0.0934. The lowest BCUT2D eigenvalue weighted by atomic mass is 9.94. The zero-order valence-electron chi connectivity index (χ0n) is 15.1. The maximum Gasteiger partial charge on any atom is 0.260 e. The van der Waals surface area contributed by atoms with Crippen molar-refractivity contribution in [2.45, 2.75) is 40.7 Å². The number of ether oxygens (including phenoxy) is 3. The number of Topliss-reactive ketones (excluding diaryl/α,β-unsaturated/α-hetero) is 1. The van der Waals surface area contributed by atoms with E-state index in [0.717, 1.165) is 23.1 Å². The molecule has 1 aromatic heterocycles. The minimum atomic E-state index is -0.0845. The Morgan fingerprint density at radius 3 is 2.84 bits per heavy atom. The average Bonchev–Trinajstić information content (AvgIpc) is 3.08. The zero-order valence-corrected chi connectivity index (χ0v) is 15.1. The molecule has 0 saturated heterocycles. The van der Waals surface area contributed by atoms with Gasteiger partial charge in [-0.1, -0.05) is 32.9 Å². The number of hydrogen-bond acceptors (Lipinski definition) is 5. The molecule has 132 valence electrons. The highest BCUT2D eigenvalue weighted by atomic mass is 16.7. The number of fused-ring (bicyclic) bond motifs is 1. The highest BCUT2D eigenvalue weighted by Crippen LogP contribution is 2.36. The standard InChI is InChI=1S/C20H23NO4/c1-5-14-7-6-8-16(17(14)18(22)12(2)3)23-10-15-13(4)9-21-20-19(15)24-11-25-20/h6-9,12H,5,10-11H2,1-4H3. The van der Waals surface area contributed by atoms with Crippen LogP contribution in [-0.2, 0) is 13.0 Å². The van der Waals surface area contributed by atoms with Gasteiger partial charge in [-0.25, -0.2) is 4.98 Å². The predicted octanol–water partition coefficient (Wildman–Crippen LogP) is 4.10. The molecule has 0 spiro atoms. The maximum atomic E-state index is 12.7. The Morgan fingerprint density at radius 1 is 1.32 bits per heavy atom. The Hall–Kier alpha value is -2.56. The first-order valence-corrected chi connectivity index (χ1v) is 8.55. The number of rotatable bonds is 6. The Kier molecular flexibility index (Phi) is 4.93. The molecule has 25 heavy (non-hydrogen) atoms. The summed E-state index contributed by atoms with van der Waals surface area (Å²) >= 11 is 0. The molecule has 0 N–H and O–H groups in total. The lowest BCUT2D eigenvalue weighted by Gasteiger charge is -2.17. The molecular weight excluding hydrogens is 318 g/mol. The number of carbonyl (C=O) groups is 1. The smallest absolute Gasteiger partial charge is 0.260 e. The molecular formula is C20H23NO4. The van der Waals surface area contributed by atoms with Crippen molar-refractivity contribution in [1.29, 1.82) is 0 Å². The average molecular weight is 341 g/mol. The summed E-state index contributed by atoms with van der Waals surface area (Å²) < 4.78 is 16.9. The molecule has 5 heteroatoms. The normalized spacial score (nSPS) is 12.5. The van der Waals surface area contributed by atoms with Gasteiger partial charge in [-0.05, 0) is 30.5 Å². The van der Waals surface area contributed by atoms with Crippen LogP contribution in [0.4, 0.5) is 0 Å². The van der Waals surface area contributed by atoms with E-state index in [9.17, 15) is 4.79 Å². The van der Waals surface area contributed by atoms with Gasteiger partial charge in [-0.15, -0.1) is 0 Å². The quantitative estimate of drug-likeness (QED) is 0.741. The highest BCUT2D eigenvalue weighted by Gasteiger charge is 2.23. The molecule has 3 rings (SSSR count). The molecule has 0 unspecified atom stereocenters. The summed E-state index contributed by atoms with van der Waals surface area (Å²) in [5, 5.41) is 0. The minimum absolute atomic E-state index is 0.0845. The molecule has 0 amide bonds. The van der Waals surface area contributed by atoms with Crippen LogP contribution in [0.2, 0.25) is 0 Å². The molecule has 0 saturated carbocycles. The molecule has 5 nitrogen and oxygen atoms in total. The molecule has 1 aliphatic heterocycles. The van der Waals surface area contributed by atoms with Gasteiger partial charge >= 0.3 is 0 Å². The Labute approximate surface area is 147 Å². The molecule has 0 fully saturated rings. The van der Waals surface area contributed by atoms with Crippen molar-refractivity contribution in [2.75, 3.05) is 6.79 Å². The summed E-state index contributed by atoms with van der Waals surface area (Å²) in [7, 11) is 0. The third-order valence-corrected chi connectivity index (χ3v) is 4.35. The number of aromatic nitrogens is 1. The van der Waals surface area contributed by atoms with Gasteiger partial charge in [0.25, 0.3) is 5.88 Å². The van der Waals surface area contributed by atoms with Gasteiger partial charge in [-0.2, -0.15) is 0 Å². The summed E-state index contributed by atoms with van der Waals surface area (Å²) in [6, 6.07) is 5.76. The van der Waals surface area contributed by atoms with Crippen LogP contribution in [0.5, 0.6) is 17.4 Å². The Morgan fingerprint density at radius 2 is 2.12 bits per heavy atom. The number of ketones is 1. The van der Waals surface area contributed by atoms with Gasteiger partial charge in [0.2, 0.25) is 6.79 Å². The summed E-state index contributed by atoms with van der Waals surface area (Å²) in [5.41, 5.74) is 3.55. The SMILES string of the molecule is CCc1cccc(OCc2c(C)cnc3c2OCO3)c1C(=O)C(C)C. The zero-order chi connectivity index (χ0) is 18.0. The van der Waals surface area contributed by atoms with E-state index >= 15 is 0 Å². The first-order valence-electron chi connectivity index (χ1n) is 8.55.